The first kappa shape index (κ1) is 29.1. The van der Waals surface area contributed by atoms with Crippen molar-refractivity contribution in [2.45, 2.75) is 82.7 Å². The molecule has 1 aliphatic carbocycles. The van der Waals surface area contributed by atoms with Gasteiger partial charge in [0, 0.05) is 44.5 Å². The van der Waals surface area contributed by atoms with E-state index in [1.54, 1.807) is 12.1 Å². The molecule has 0 radical (unpaired) electrons. The Kier molecular flexibility index (Phi) is 10.8. The van der Waals surface area contributed by atoms with Crippen molar-refractivity contribution in [2.75, 3.05) is 36.5 Å². The van der Waals surface area contributed by atoms with E-state index in [2.05, 4.69) is 38.4 Å². The molecule has 1 aromatic carbocycles. The van der Waals surface area contributed by atoms with Crippen LogP contribution in [0.15, 0.2) is 30.3 Å². The van der Waals surface area contributed by atoms with E-state index in [9.17, 15) is 4.79 Å². The Morgan fingerprint density at radius 1 is 1.08 bits per heavy atom. The fraction of sp³-hybridized carbons (Fsp3) is 0.600. The Hall–Kier alpha value is -2.89. The molecule has 39 heavy (non-hydrogen) atoms. The van der Waals surface area contributed by atoms with Crippen LogP contribution < -0.4 is 15.1 Å². The number of aliphatic hydroxyl groups is 1. The number of aliphatic hydroxyl groups excluding tert-OH is 1. The van der Waals surface area contributed by atoms with Crippen LogP contribution in [0.4, 0.5) is 11.5 Å². The lowest BCUT2D eigenvalue weighted by molar-refractivity contribution is 0.0919. The molecule has 0 spiro atoms. The summed E-state index contributed by atoms with van der Waals surface area (Å²) in [6.45, 7) is 2.26. The summed E-state index contributed by atoms with van der Waals surface area (Å²) in [5.74, 6) is 1.45. The van der Waals surface area contributed by atoms with E-state index >= 15 is 0 Å². The Labute approximate surface area is 237 Å². The molecule has 210 valence electrons. The molecule has 1 aromatic heterocycles. The van der Waals surface area contributed by atoms with Gasteiger partial charge in [0.2, 0.25) is 0 Å². The number of anilines is 2. The average molecular weight is 553 g/mol. The van der Waals surface area contributed by atoms with Crippen molar-refractivity contribution in [3.63, 3.8) is 0 Å². The van der Waals surface area contributed by atoms with Crippen molar-refractivity contribution < 1.29 is 9.90 Å². The highest BCUT2D eigenvalue weighted by Gasteiger charge is 2.26. The monoisotopic (exact) mass is 552 g/mol. The number of unbranched alkanes of at least 4 members (excludes halogenated alkanes) is 3. The summed E-state index contributed by atoms with van der Waals surface area (Å²) >= 11 is 6.22. The summed E-state index contributed by atoms with van der Waals surface area (Å²) in [6.07, 6.45) is 11.8. The molecule has 1 aliphatic heterocycles. The van der Waals surface area contributed by atoms with Crippen LogP contribution in [0.1, 0.15) is 86.7 Å². The van der Waals surface area contributed by atoms with E-state index in [4.69, 9.17) is 22.0 Å². The number of nitriles is 1. The Morgan fingerprint density at radius 3 is 2.46 bits per heavy atom. The molecule has 0 atom stereocenters. The molecule has 2 aliphatic rings. The molecule has 2 fully saturated rings. The number of hydrogen-bond donors (Lipinski definition) is 2. The van der Waals surface area contributed by atoms with E-state index in [-0.39, 0.29) is 11.9 Å². The first-order valence-corrected chi connectivity index (χ1v) is 14.8. The van der Waals surface area contributed by atoms with E-state index in [0.717, 1.165) is 69.0 Å². The molecule has 2 heterocycles. The zero-order chi connectivity index (χ0) is 27.6. The molecule has 1 saturated carbocycles. The second-order valence-electron chi connectivity index (χ2n) is 11.0. The summed E-state index contributed by atoms with van der Waals surface area (Å²) in [7, 11) is 2.06. The molecular weight excluding hydrogens is 512 g/mol. The van der Waals surface area contributed by atoms with Gasteiger partial charge in [0.25, 0.3) is 5.91 Å². The van der Waals surface area contributed by atoms with Crippen LogP contribution in [0.3, 0.4) is 0 Å². The molecule has 2 N–H and O–H groups in total. The molecular formula is C30H41ClN6O2. The normalized spacial score (nSPS) is 19.9. The van der Waals surface area contributed by atoms with E-state index in [1.165, 1.54) is 32.1 Å². The highest BCUT2D eigenvalue weighted by Crippen LogP contribution is 2.30. The minimum atomic E-state index is -0.162. The molecule has 4 rings (SSSR count). The zero-order valence-electron chi connectivity index (χ0n) is 23.0. The van der Waals surface area contributed by atoms with Gasteiger partial charge in [-0.15, -0.1) is 10.2 Å². The fourth-order valence-electron chi connectivity index (χ4n) is 5.86. The van der Waals surface area contributed by atoms with Gasteiger partial charge in [-0.05, 0) is 81.2 Å². The second-order valence-corrected chi connectivity index (χ2v) is 11.4. The minimum absolute atomic E-state index is 0.121. The third-order valence-electron chi connectivity index (χ3n) is 8.40. The van der Waals surface area contributed by atoms with Gasteiger partial charge in [-0.1, -0.05) is 37.3 Å². The molecule has 8 nitrogen and oxygen atoms in total. The first-order valence-electron chi connectivity index (χ1n) is 14.4. The van der Waals surface area contributed by atoms with Crippen molar-refractivity contribution >= 4 is 29.0 Å². The fourth-order valence-corrected chi connectivity index (χ4v) is 6.07. The number of amides is 1. The lowest BCUT2D eigenvalue weighted by Gasteiger charge is -2.36. The van der Waals surface area contributed by atoms with Gasteiger partial charge in [0.15, 0.2) is 11.5 Å². The first-order chi connectivity index (χ1) is 19.0. The van der Waals surface area contributed by atoms with Crippen molar-refractivity contribution in [2.24, 2.45) is 5.92 Å². The van der Waals surface area contributed by atoms with Crippen molar-refractivity contribution in [3.8, 4) is 6.07 Å². The standard InChI is InChI=1S/C30H41ClN6O2/c1-36(26-10-7-23(21-32)27(31)20-26)25-11-8-24(9-12-25)33-30(39)28-13-14-29(35-34-28)37-17-15-22(16-18-37)6-4-2-3-5-19-38/h7,10,13-14,20,22,24-25,38H,2-6,8-9,11-12,15-19H2,1H3,(H,33,39). The minimum Gasteiger partial charge on any atom is -0.396 e. The quantitative estimate of drug-likeness (QED) is 0.362. The van der Waals surface area contributed by atoms with Crippen molar-refractivity contribution in [1.29, 1.82) is 5.26 Å². The molecule has 9 heteroatoms. The second kappa shape index (κ2) is 14.5. The Morgan fingerprint density at radius 2 is 1.82 bits per heavy atom. The Balaban J connectivity index is 1.19. The van der Waals surface area contributed by atoms with Gasteiger partial charge in [0.05, 0.1) is 10.6 Å². The zero-order valence-corrected chi connectivity index (χ0v) is 23.7. The highest BCUT2D eigenvalue weighted by atomic mass is 35.5. The smallest absolute Gasteiger partial charge is 0.272 e. The number of nitrogens with one attached hydrogen (secondary N) is 1. The number of carbonyl (C=O) groups excluding carboxylic acids is 1. The maximum atomic E-state index is 12.9. The third kappa shape index (κ3) is 8.06. The van der Waals surface area contributed by atoms with Crippen molar-refractivity contribution in [1.82, 2.24) is 15.5 Å². The predicted molar refractivity (Wildman–Crippen MR) is 155 cm³/mol. The third-order valence-corrected chi connectivity index (χ3v) is 8.71. The lowest BCUT2D eigenvalue weighted by atomic mass is 9.90. The average Bonchev–Trinajstić information content (AvgIpc) is 2.97. The summed E-state index contributed by atoms with van der Waals surface area (Å²) in [6, 6.07) is 11.8. The summed E-state index contributed by atoms with van der Waals surface area (Å²) in [5, 5.41) is 30.3. The maximum absolute atomic E-state index is 12.9. The van der Waals surface area contributed by atoms with Crippen LogP contribution in [0.2, 0.25) is 5.02 Å². The van der Waals surface area contributed by atoms with E-state index in [0.29, 0.717) is 28.9 Å². The van der Waals surface area contributed by atoms with Crippen LogP contribution in [0.5, 0.6) is 0 Å². The number of aromatic nitrogens is 2. The van der Waals surface area contributed by atoms with Crippen LogP contribution in [0.25, 0.3) is 0 Å². The summed E-state index contributed by atoms with van der Waals surface area (Å²) < 4.78 is 0. The summed E-state index contributed by atoms with van der Waals surface area (Å²) in [5.41, 5.74) is 1.85. The highest BCUT2D eigenvalue weighted by molar-refractivity contribution is 6.32. The number of rotatable bonds is 11. The largest absolute Gasteiger partial charge is 0.396 e. The van der Waals surface area contributed by atoms with Gasteiger partial charge >= 0.3 is 0 Å². The van der Waals surface area contributed by atoms with Crippen LogP contribution in [0, 0.1) is 17.2 Å². The van der Waals surface area contributed by atoms with Gasteiger partial charge in [-0.25, -0.2) is 0 Å². The van der Waals surface area contributed by atoms with Crippen LogP contribution in [-0.4, -0.2) is 60.0 Å². The topological polar surface area (TPSA) is 105 Å². The number of carbonyl (C=O) groups is 1. The SMILES string of the molecule is CN(c1ccc(C#N)c(Cl)c1)C1CCC(NC(=O)c2ccc(N3CCC(CCCCCCO)CC3)nn2)CC1. The van der Waals surface area contributed by atoms with Gasteiger partial charge < -0.3 is 20.2 Å². The molecule has 0 unspecified atom stereocenters. The molecule has 1 saturated heterocycles. The number of nitrogens with zero attached hydrogens (tertiary/aromatic N) is 5. The van der Waals surface area contributed by atoms with E-state index < -0.39 is 0 Å². The lowest BCUT2D eigenvalue weighted by Crippen LogP contribution is -2.43. The molecule has 1 amide bonds. The van der Waals surface area contributed by atoms with Gasteiger partial charge in [0.1, 0.15) is 6.07 Å². The number of halogens is 1. The summed E-state index contributed by atoms with van der Waals surface area (Å²) in [4.78, 5) is 17.3. The van der Waals surface area contributed by atoms with E-state index in [1.807, 2.05) is 18.2 Å². The number of hydrogen-bond acceptors (Lipinski definition) is 7. The Bertz CT molecular complexity index is 1110. The van der Waals surface area contributed by atoms with Gasteiger partial charge in [-0.2, -0.15) is 5.26 Å². The van der Waals surface area contributed by atoms with Crippen LogP contribution >= 0.6 is 11.6 Å². The number of benzene rings is 1. The van der Waals surface area contributed by atoms with Crippen LogP contribution in [-0.2, 0) is 0 Å². The van der Waals surface area contributed by atoms with Gasteiger partial charge in [-0.3, -0.25) is 4.79 Å². The molecule has 2 aromatic rings. The number of piperidine rings is 1. The predicted octanol–water partition coefficient (Wildman–Crippen LogP) is 5.34. The maximum Gasteiger partial charge on any atom is 0.272 e. The van der Waals surface area contributed by atoms with Crippen molar-refractivity contribution in [3.05, 3.63) is 46.6 Å². The molecule has 0 bridgehead atoms.